The second kappa shape index (κ2) is 5.79. The van der Waals surface area contributed by atoms with E-state index in [1.165, 1.54) is 18.2 Å². The van der Waals surface area contributed by atoms with Crippen LogP contribution in [-0.2, 0) is 4.74 Å². The molecule has 1 atom stereocenters. The number of ether oxygens (including phenoxy) is 1. The molecule has 0 spiro atoms. The van der Waals surface area contributed by atoms with E-state index >= 15 is 0 Å². The number of rotatable bonds is 3. The van der Waals surface area contributed by atoms with E-state index in [1.807, 2.05) is 0 Å². The minimum absolute atomic E-state index is 0.208. The molecule has 0 radical (unpaired) electrons. The summed E-state index contributed by atoms with van der Waals surface area (Å²) in [7, 11) is 0. The van der Waals surface area contributed by atoms with E-state index < -0.39 is 5.82 Å². The van der Waals surface area contributed by atoms with Gasteiger partial charge in [0.15, 0.2) is 0 Å². The van der Waals surface area contributed by atoms with Gasteiger partial charge in [0.2, 0.25) is 5.82 Å². The molecule has 1 aromatic carbocycles. The summed E-state index contributed by atoms with van der Waals surface area (Å²) in [6.07, 6.45) is -0.231. The molecule has 0 saturated carbocycles. The maximum atomic E-state index is 13.3. The van der Waals surface area contributed by atoms with Gasteiger partial charge in [-0.15, -0.1) is 0 Å². The van der Waals surface area contributed by atoms with Crippen LogP contribution in [0.15, 0.2) is 22.7 Å². The smallest absolute Gasteiger partial charge is 0.260 e. The molecular weight excluding hydrogens is 275 g/mol. The highest BCUT2D eigenvalue weighted by molar-refractivity contribution is 5.70. The molecule has 1 aliphatic rings. The lowest BCUT2D eigenvalue weighted by molar-refractivity contribution is -0.0334. The number of halogens is 1. The van der Waals surface area contributed by atoms with Crippen molar-refractivity contribution >= 4 is 5.69 Å². The van der Waals surface area contributed by atoms with Gasteiger partial charge in [0.05, 0.1) is 12.2 Å². The van der Waals surface area contributed by atoms with Crippen molar-refractivity contribution in [1.82, 2.24) is 15.0 Å². The third-order valence-electron chi connectivity index (χ3n) is 3.57. The van der Waals surface area contributed by atoms with Crippen LogP contribution >= 0.6 is 0 Å². The minimum atomic E-state index is -0.398. The summed E-state index contributed by atoms with van der Waals surface area (Å²) in [5, 5.41) is 3.94. The van der Waals surface area contributed by atoms with Gasteiger partial charge in [0.25, 0.3) is 5.89 Å². The van der Waals surface area contributed by atoms with Crippen molar-refractivity contribution in [1.29, 1.82) is 0 Å². The number of hydrogen-bond donors (Lipinski definition) is 1. The maximum Gasteiger partial charge on any atom is 0.260 e. The molecule has 21 heavy (non-hydrogen) atoms. The van der Waals surface area contributed by atoms with E-state index in [-0.39, 0.29) is 12.0 Å². The highest BCUT2D eigenvalue weighted by atomic mass is 19.1. The first-order valence-electron chi connectivity index (χ1n) is 6.90. The van der Waals surface area contributed by atoms with Crippen molar-refractivity contribution in [3.8, 4) is 11.5 Å². The SMILES string of the molecule is CCN1CCOC(c2noc(-c3cc(F)ccc3N)n2)C1. The molecule has 1 aliphatic heterocycles. The van der Waals surface area contributed by atoms with Gasteiger partial charge in [0, 0.05) is 18.8 Å². The number of likely N-dealkylation sites (N-methyl/N-ethyl adjacent to an activating group) is 1. The van der Waals surface area contributed by atoms with Gasteiger partial charge >= 0.3 is 0 Å². The van der Waals surface area contributed by atoms with Crippen molar-refractivity contribution in [2.45, 2.75) is 13.0 Å². The lowest BCUT2D eigenvalue weighted by atomic mass is 10.2. The van der Waals surface area contributed by atoms with Crippen LogP contribution in [0.5, 0.6) is 0 Å². The normalized spacial score (nSPS) is 19.8. The standard InChI is InChI=1S/C14H17FN4O2/c1-2-19-5-6-20-12(8-19)13-17-14(21-18-13)10-7-9(15)3-4-11(10)16/h3-4,7,12H,2,5-6,8,16H2,1H3. The Morgan fingerprint density at radius 1 is 1.48 bits per heavy atom. The molecule has 0 amide bonds. The van der Waals surface area contributed by atoms with Crippen LogP contribution in [0.1, 0.15) is 18.9 Å². The van der Waals surface area contributed by atoms with Gasteiger partial charge in [-0.2, -0.15) is 4.98 Å². The predicted molar refractivity (Wildman–Crippen MR) is 74.9 cm³/mol. The molecule has 0 bridgehead atoms. The summed E-state index contributed by atoms with van der Waals surface area (Å²) < 4.78 is 24.2. The largest absolute Gasteiger partial charge is 0.398 e. The molecule has 3 rings (SSSR count). The van der Waals surface area contributed by atoms with Crippen molar-refractivity contribution in [2.75, 3.05) is 32.0 Å². The molecule has 2 aromatic rings. The third-order valence-corrected chi connectivity index (χ3v) is 3.57. The molecular formula is C14H17FN4O2. The summed E-state index contributed by atoms with van der Waals surface area (Å²) in [6.45, 7) is 5.28. The molecule has 2 N–H and O–H groups in total. The van der Waals surface area contributed by atoms with Crippen LogP contribution in [0.25, 0.3) is 11.5 Å². The first kappa shape index (κ1) is 14.0. The Labute approximate surface area is 121 Å². The molecule has 1 aromatic heterocycles. The average molecular weight is 292 g/mol. The second-order valence-electron chi connectivity index (χ2n) is 4.94. The number of anilines is 1. The molecule has 1 fully saturated rings. The van der Waals surface area contributed by atoms with Crippen molar-refractivity contribution in [3.05, 3.63) is 29.8 Å². The van der Waals surface area contributed by atoms with Crippen LogP contribution in [0.4, 0.5) is 10.1 Å². The highest BCUT2D eigenvalue weighted by Crippen LogP contribution is 2.27. The van der Waals surface area contributed by atoms with Gasteiger partial charge in [-0.25, -0.2) is 4.39 Å². The van der Waals surface area contributed by atoms with Gasteiger partial charge in [-0.3, -0.25) is 4.90 Å². The zero-order chi connectivity index (χ0) is 14.8. The zero-order valence-electron chi connectivity index (χ0n) is 11.8. The topological polar surface area (TPSA) is 77.4 Å². The van der Waals surface area contributed by atoms with Crippen molar-refractivity contribution in [3.63, 3.8) is 0 Å². The van der Waals surface area contributed by atoms with E-state index in [9.17, 15) is 4.39 Å². The van der Waals surface area contributed by atoms with Crippen molar-refractivity contribution < 1.29 is 13.7 Å². The summed E-state index contributed by atoms with van der Waals surface area (Å²) in [4.78, 5) is 6.55. The van der Waals surface area contributed by atoms with E-state index in [0.29, 0.717) is 30.2 Å². The summed E-state index contributed by atoms with van der Waals surface area (Å²) in [6, 6.07) is 4.05. The molecule has 1 saturated heterocycles. The number of benzene rings is 1. The highest BCUT2D eigenvalue weighted by Gasteiger charge is 2.26. The zero-order valence-corrected chi connectivity index (χ0v) is 11.8. The summed E-state index contributed by atoms with van der Waals surface area (Å²) in [5.74, 6) is 0.274. The average Bonchev–Trinajstić information content (AvgIpc) is 2.99. The van der Waals surface area contributed by atoms with Gasteiger partial charge in [-0.05, 0) is 24.7 Å². The quantitative estimate of drug-likeness (QED) is 0.870. The van der Waals surface area contributed by atoms with Crippen LogP contribution in [0.2, 0.25) is 0 Å². The fraction of sp³-hybridized carbons (Fsp3) is 0.429. The first-order chi connectivity index (χ1) is 10.2. The number of nitrogen functional groups attached to an aromatic ring is 1. The van der Waals surface area contributed by atoms with E-state index in [2.05, 4.69) is 22.0 Å². The molecule has 1 unspecified atom stereocenters. The summed E-state index contributed by atoms with van der Waals surface area (Å²) in [5.41, 5.74) is 6.61. The molecule has 7 heteroatoms. The van der Waals surface area contributed by atoms with Crippen LogP contribution in [0, 0.1) is 5.82 Å². The minimum Gasteiger partial charge on any atom is -0.398 e. The first-order valence-corrected chi connectivity index (χ1v) is 6.90. The monoisotopic (exact) mass is 292 g/mol. The van der Waals surface area contributed by atoms with E-state index in [1.54, 1.807) is 0 Å². The van der Waals surface area contributed by atoms with Crippen LogP contribution in [-0.4, -0.2) is 41.3 Å². The Bertz CT molecular complexity index is 631. The number of nitrogens with two attached hydrogens (primary N) is 1. The Hall–Kier alpha value is -1.99. The Kier molecular flexibility index (Phi) is 3.85. The number of nitrogens with zero attached hydrogens (tertiary/aromatic N) is 3. The summed E-state index contributed by atoms with van der Waals surface area (Å²) >= 11 is 0. The van der Waals surface area contributed by atoms with Crippen LogP contribution in [0.3, 0.4) is 0 Å². The third kappa shape index (κ3) is 2.88. The molecule has 2 heterocycles. The predicted octanol–water partition coefficient (Wildman–Crippen LogP) is 1.85. The van der Waals surface area contributed by atoms with Crippen LogP contribution < -0.4 is 5.73 Å². The fourth-order valence-corrected chi connectivity index (χ4v) is 2.33. The second-order valence-corrected chi connectivity index (χ2v) is 4.94. The maximum absolute atomic E-state index is 13.3. The number of hydrogen-bond acceptors (Lipinski definition) is 6. The van der Waals surface area contributed by atoms with Gasteiger partial charge in [0.1, 0.15) is 11.9 Å². The Balaban J connectivity index is 1.84. The molecule has 0 aliphatic carbocycles. The lowest BCUT2D eigenvalue weighted by Gasteiger charge is -2.30. The molecule has 6 nitrogen and oxygen atoms in total. The fourth-order valence-electron chi connectivity index (χ4n) is 2.33. The van der Waals surface area contributed by atoms with E-state index in [0.717, 1.165) is 13.1 Å². The van der Waals surface area contributed by atoms with Gasteiger partial charge in [-0.1, -0.05) is 12.1 Å². The number of aromatic nitrogens is 2. The Morgan fingerprint density at radius 2 is 2.33 bits per heavy atom. The Morgan fingerprint density at radius 3 is 3.14 bits per heavy atom. The lowest BCUT2D eigenvalue weighted by Crippen LogP contribution is -2.38. The van der Waals surface area contributed by atoms with Gasteiger partial charge < -0.3 is 15.0 Å². The van der Waals surface area contributed by atoms with E-state index in [4.69, 9.17) is 15.0 Å². The van der Waals surface area contributed by atoms with Crippen molar-refractivity contribution in [2.24, 2.45) is 0 Å². The molecule has 112 valence electrons. The number of morpholine rings is 1.